The van der Waals surface area contributed by atoms with Gasteiger partial charge in [-0.25, -0.2) is 0 Å². The molecule has 0 unspecified atom stereocenters. The van der Waals surface area contributed by atoms with Gasteiger partial charge in [-0.05, 0) is 31.0 Å². The summed E-state index contributed by atoms with van der Waals surface area (Å²) < 4.78 is 0. The van der Waals surface area contributed by atoms with Gasteiger partial charge in [-0.1, -0.05) is 53.5 Å². The number of carbonyl (C=O) groups excluding carboxylic acids is 2. The largest absolute Gasteiger partial charge is 0.326 e. The van der Waals surface area contributed by atoms with Crippen LogP contribution in [0.15, 0.2) is 24.3 Å². The highest BCUT2D eigenvalue weighted by atomic mass is 16.2. The van der Waals surface area contributed by atoms with Gasteiger partial charge >= 0.3 is 0 Å². The topological polar surface area (TPSA) is 58.2 Å². The smallest absolute Gasteiger partial charge is 0.229 e. The average Bonchev–Trinajstić information content (AvgIpc) is 2.46. The van der Waals surface area contributed by atoms with Gasteiger partial charge in [0.1, 0.15) is 0 Å². The fourth-order valence-corrected chi connectivity index (χ4v) is 2.34. The minimum Gasteiger partial charge on any atom is -0.326 e. The molecule has 0 saturated carbocycles. The van der Waals surface area contributed by atoms with Crippen molar-refractivity contribution in [1.82, 2.24) is 0 Å². The van der Waals surface area contributed by atoms with Gasteiger partial charge in [0.25, 0.3) is 0 Å². The average molecular weight is 318 g/mol. The summed E-state index contributed by atoms with van der Waals surface area (Å²) in [7, 11) is 0. The van der Waals surface area contributed by atoms with Gasteiger partial charge in [0.05, 0.1) is 0 Å². The third-order valence-corrected chi connectivity index (χ3v) is 3.71. The highest BCUT2D eigenvalue weighted by molar-refractivity contribution is 5.96. The third-order valence-electron chi connectivity index (χ3n) is 3.71. The Hall–Kier alpha value is -1.84. The second kappa shape index (κ2) is 8.70. The molecule has 4 heteroatoms. The molecule has 0 aliphatic carbocycles. The lowest BCUT2D eigenvalue weighted by atomic mass is 9.95. The van der Waals surface area contributed by atoms with Crippen LogP contribution in [-0.4, -0.2) is 11.8 Å². The maximum Gasteiger partial charge on any atom is 0.229 e. The molecule has 23 heavy (non-hydrogen) atoms. The maximum atomic E-state index is 12.4. The lowest BCUT2D eigenvalue weighted by molar-refractivity contribution is -0.123. The number of amides is 2. The SMILES string of the molecule is CCCC(CCC)C(=O)Nc1cccc(NC(=O)C(C)(C)C)c1. The summed E-state index contributed by atoms with van der Waals surface area (Å²) in [4.78, 5) is 24.4. The molecule has 0 aliphatic heterocycles. The van der Waals surface area contributed by atoms with Crippen molar-refractivity contribution in [3.8, 4) is 0 Å². The zero-order valence-electron chi connectivity index (χ0n) is 15.0. The molecule has 128 valence electrons. The first-order valence-corrected chi connectivity index (χ1v) is 8.50. The molecule has 0 bridgehead atoms. The lowest BCUT2D eigenvalue weighted by Crippen LogP contribution is -2.27. The molecule has 0 heterocycles. The summed E-state index contributed by atoms with van der Waals surface area (Å²) in [6, 6.07) is 7.31. The first kappa shape index (κ1) is 19.2. The van der Waals surface area contributed by atoms with E-state index in [0.29, 0.717) is 5.69 Å². The molecule has 0 aromatic heterocycles. The van der Waals surface area contributed by atoms with Crippen molar-refractivity contribution in [2.24, 2.45) is 11.3 Å². The quantitative estimate of drug-likeness (QED) is 0.756. The van der Waals surface area contributed by atoms with Gasteiger partial charge in [0.15, 0.2) is 0 Å². The Bertz CT molecular complexity index is 526. The Morgan fingerprint density at radius 1 is 1.00 bits per heavy atom. The number of nitrogens with one attached hydrogen (secondary N) is 2. The van der Waals surface area contributed by atoms with E-state index < -0.39 is 5.41 Å². The highest BCUT2D eigenvalue weighted by Crippen LogP contribution is 2.21. The summed E-state index contributed by atoms with van der Waals surface area (Å²) in [6.45, 7) is 9.80. The zero-order chi connectivity index (χ0) is 17.5. The number of benzene rings is 1. The lowest BCUT2D eigenvalue weighted by Gasteiger charge is -2.19. The van der Waals surface area contributed by atoms with E-state index in [1.165, 1.54) is 0 Å². The predicted octanol–water partition coefficient (Wildman–Crippen LogP) is 4.83. The van der Waals surface area contributed by atoms with Gasteiger partial charge in [-0.3, -0.25) is 9.59 Å². The molecule has 1 rings (SSSR count). The van der Waals surface area contributed by atoms with Gasteiger partial charge in [0.2, 0.25) is 11.8 Å². The zero-order valence-corrected chi connectivity index (χ0v) is 15.0. The van der Waals surface area contributed by atoms with Gasteiger partial charge in [0, 0.05) is 22.7 Å². The molecule has 0 aliphatic rings. The van der Waals surface area contributed by atoms with Crippen molar-refractivity contribution in [2.75, 3.05) is 10.6 Å². The van der Waals surface area contributed by atoms with Crippen LogP contribution in [0.1, 0.15) is 60.3 Å². The maximum absolute atomic E-state index is 12.4. The van der Waals surface area contributed by atoms with E-state index in [2.05, 4.69) is 24.5 Å². The van der Waals surface area contributed by atoms with E-state index >= 15 is 0 Å². The highest BCUT2D eigenvalue weighted by Gasteiger charge is 2.21. The van der Waals surface area contributed by atoms with Crippen molar-refractivity contribution in [1.29, 1.82) is 0 Å². The second-order valence-electron chi connectivity index (χ2n) is 7.05. The normalized spacial score (nSPS) is 11.4. The van der Waals surface area contributed by atoms with Crippen LogP contribution in [0.3, 0.4) is 0 Å². The van der Waals surface area contributed by atoms with E-state index in [9.17, 15) is 9.59 Å². The van der Waals surface area contributed by atoms with E-state index in [-0.39, 0.29) is 17.7 Å². The summed E-state index contributed by atoms with van der Waals surface area (Å²) in [5.41, 5.74) is 0.969. The van der Waals surface area contributed by atoms with E-state index in [0.717, 1.165) is 31.4 Å². The first-order valence-electron chi connectivity index (χ1n) is 8.50. The molecule has 2 amide bonds. The van der Waals surface area contributed by atoms with Crippen molar-refractivity contribution in [2.45, 2.75) is 60.3 Å². The Balaban J connectivity index is 2.76. The number of hydrogen-bond acceptors (Lipinski definition) is 2. The third kappa shape index (κ3) is 6.43. The van der Waals surface area contributed by atoms with Crippen molar-refractivity contribution >= 4 is 23.2 Å². The number of rotatable bonds is 7. The van der Waals surface area contributed by atoms with Crippen molar-refractivity contribution in [3.05, 3.63) is 24.3 Å². The standard InChI is InChI=1S/C19H30N2O2/c1-6-9-14(10-7-2)17(22)20-15-11-8-12-16(13-15)21-18(23)19(3,4)5/h8,11-14H,6-7,9-10H2,1-5H3,(H,20,22)(H,21,23). The number of anilines is 2. The summed E-state index contributed by atoms with van der Waals surface area (Å²) >= 11 is 0. The minimum atomic E-state index is -0.452. The Kier molecular flexibility index (Phi) is 7.27. The molecule has 1 aromatic rings. The van der Waals surface area contributed by atoms with Crippen molar-refractivity contribution < 1.29 is 9.59 Å². The fourth-order valence-electron chi connectivity index (χ4n) is 2.34. The molecule has 1 aromatic carbocycles. The van der Waals surface area contributed by atoms with Crippen LogP contribution in [0, 0.1) is 11.3 Å². The van der Waals surface area contributed by atoms with E-state index in [4.69, 9.17) is 0 Å². The monoisotopic (exact) mass is 318 g/mol. The predicted molar refractivity (Wildman–Crippen MR) is 96.5 cm³/mol. The Morgan fingerprint density at radius 3 is 2.00 bits per heavy atom. The van der Waals surface area contributed by atoms with Crippen LogP contribution in [-0.2, 0) is 9.59 Å². The van der Waals surface area contributed by atoms with Crippen molar-refractivity contribution in [3.63, 3.8) is 0 Å². The van der Waals surface area contributed by atoms with E-state index in [1.807, 2.05) is 39.0 Å². The van der Waals surface area contributed by atoms with Crippen LogP contribution >= 0.6 is 0 Å². The van der Waals surface area contributed by atoms with Gasteiger partial charge in [-0.15, -0.1) is 0 Å². The molecule has 0 radical (unpaired) electrons. The fraction of sp³-hybridized carbons (Fsp3) is 0.579. The Labute approximate surface area is 140 Å². The van der Waals surface area contributed by atoms with Crippen LogP contribution in [0.5, 0.6) is 0 Å². The molecular weight excluding hydrogens is 288 g/mol. The van der Waals surface area contributed by atoms with Crippen LogP contribution in [0.2, 0.25) is 0 Å². The summed E-state index contributed by atoms with van der Waals surface area (Å²) in [5, 5.41) is 5.86. The van der Waals surface area contributed by atoms with Gasteiger partial charge < -0.3 is 10.6 Å². The Morgan fingerprint density at radius 2 is 1.52 bits per heavy atom. The number of carbonyl (C=O) groups is 2. The summed E-state index contributed by atoms with van der Waals surface area (Å²) in [6.07, 6.45) is 3.81. The number of hydrogen-bond donors (Lipinski definition) is 2. The molecule has 0 atom stereocenters. The molecule has 2 N–H and O–H groups in total. The van der Waals surface area contributed by atoms with E-state index in [1.54, 1.807) is 6.07 Å². The molecule has 0 spiro atoms. The van der Waals surface area contributed by atoms with Gasteiger partial charge in [-0.2, -0.15) is 0 Å². The van der Waals surface area contributed by atoms with Crippen LogP contribution in [0.4, 0.5) is 11.4 Å². The molecule has 0 saturated heterocycles. The molecule has 4 nitrogen and oxygen atoms in total. The minimum absolute atomic E-state index is 0.0455. The summed E-state index contributed by atoms with van der Waals surface area (Å²) in [5.74, 6) is 0.0710. The van der Waals surface area contributed by atoms with Crippen LogP contribution in [0.25, 0.3) is 0 Å². The second-order valence-corrected chi connectivity index (χ2v) is 7.05. The first-order chi connectivity index (χ1) is 10.8. The molecule has 0 fully saturated rings. The molecular formula is C19H30N2O2. The van der Waals surface area contributed by atoms with Crippen LogP contribution < -0.4 is 10.6 Å².